The molecule has 0 aliphatic carbocycles. The molecule has 0 radical (unpaired) electrons. The van der Waals surface area contributed by atoms with Crippen LogP contribution < -0.4 is 16.0 Å². The molecule has 0 fully saturated rings. The van der Waals surface area contributed by atoms with Crippen molar-refractivity contribution in [3.8, 4) is 0 Å². The third-order valence-electron chi connectivity index (χ3n) is 4.30. The average molecular weight is 475 g/mol. The van der Waals surface area contributed by atoms with Crippen molar-refractivity contribution >= 4 is 52.3 Å². The number of carboxylic acid groups (broad SMARTS) is 1. The molecular weight excluding hydrogens is 448 g/mol. The van der Waals surface area contributed by atoms with Crippen LogP contribution >= 0.6 is 11.3 Å². The van der Waals surface area contributed by atoms with Crippen molar-refractivity contribution in [2.24, 2.45) is 4.99 Å². The molecule has 0 atom stereocenters. The molecule has 0 saturated heterocycles. The van der Waals surface area contributed by atoms with Crippen LogP contribution in [0.4, 0.5) is 15.6 Å². The normalized spacial score (nSPS) is 10.6. The van der Waals surface area contributed by atoms with Gasteiger partial charge < -0.3 is 20.6 Å². The summed E-state index contributed by atoms with van der Waals surface area (Å²) < 4.78 is 0. The number of nitrogens with zero attached hydrogens (tertiary/aromatic N) is 3. The molecule has 4 N–H and O–H groups in total. The second kappa shape index (κ2) is 12.3. The highest BCUT2D eigenvalue weighted by molar-refractivity contribution is 7.17. The zero-order valence-electron chi connectivity index (χ0n) is 18.5. The van der Waals surface area contributed by atoms with E-state index in [-0.39, 0.29) is 30.7 Å². The van der Waals surface area contributed by atoms with Crippen molar-refractivity contribution in [1.82, 2.24) is 20.5 Å². The van der Waals surface area contributed by atoms with E-state index in [4.69, 9.17) is 5.11 Å². The van der Waals surface area contributed by atoms with Gasteiger partial charge in [0.2, 0.25) is 11.8 Å². The first-order valence-corrected chi connectivity index (χ1v) is 10.8. The zero-order valence-corrected chi connectivity index (χ0v) is 19.4. The van der Waals surface area contributed by atoms with Gasteiger partial charge in [0.05, 0.1) is 17.7 Å². The van der Waals surface area contributed by atoms with Crippen molar-refractivity contribution in [1.29, 1.82) is 0 Å². The van der Waals surface area contributed by atoms with Gasteiger partial charge in [-0.25, -0.2) is 14.8 Å². The van der Waals surface area contributed by atoms with Crippen molar-refractivity contribution in [3.63, 3.8) is 0 Å². The fourth-order valence-corrected chi connectivity index (χ4v) is 3.64. The van der Waals surface area contributed by atoms with Crippen LogP contribution in [0.15, 0.2) is 29.3 Å². The van der Waals surface area contributed by atoms with Gasteiger partial charge in [0, 0.05) is 34.0 Å². The molecule has 2 aromatic rings. The van der Waals surface area contributed by atoms with Crippen LogP contribution in [0.2, 0.25) is 0 Å². The summed E-state index contributed by atoms with van der Waals surface area (Å²) in [6, 6.07) is 7.19. The minimum Gasteiger partial charge on any atom is -0.465 e. The molecule has 1 aromatic heterocycles. The molecule has 0 bridgehead atoms. The predicted molar refractivity (Wildman–Crippen MR) is 125 cm³/mol. The SMILES string of the molecule is CC(=O)Nc1nc(CCc2ccc(N=CNC(=O)O)cc2)c(C(=O)NCCC(=O)N(C)C)s1. The minimum atomic E-state index is -1.19. The summed E-state index contributed by atoms with van der Waals surface area (Å²) in [6.45, 7) is 1.56. The number of benzene rings is 1. The number of hydrogen-bond donors (Lipinski definition) is 4. The van der Waals surface area contributed by atoms with Crippen molar-refractivity contribution < 1.29 is 24.3 Å². The molecule has 11 nitrogen and oxygen atoms in total. The van der Waals surface area contributed by atoms with E-state index in [9.17, 15) is 19.2 Å². The Morgan fingerprint density at radius 1 is 1.15 bits per heavy atom. The first kappa shape index (κ1) is 25.5. The van der Waals surface area contributed by atoms with Gasteiger partial charge in [-0.1, -0.05) is 23.5 Å². The van der Waals surface area contributed by atoms with E-state index in [0.29, 0.717) is 34.2 Å². The fourth-order valence-electron chi connectivity index (χ4n) is 2.66. The summed E-state index contributed by atoms with van der Waals surface area (Å²) in [6.07, 6.45) is 1.12. The number of rotatable bonds is 10. The Morgan fingerprint density at radius 3 is 2.45 bits per heavy atom. The summed E-state index contributed by atoms with van der Waals surface area (Å²) in [5, 5.41) is 16.3. The summed E-state index contributed by atoms with van der Waals surface area (Å²) in [4.78, 5) is 56.4. The highest BCUT2D eigenvalue weighted by Gasteiger charge is 2.19. The third kappa shape index (κ3) is 8.69. The van der Waals surface area contributed by atoms with Gasteiger partial charge in [0.15, 0.2) is 5.13 Å². The lowest BCUT2D eigenvalue weighted by Gasteiger charge is -2.10. The van der Waals surface area contributed by atoms with Gasteiger partial charge in [-0.15, -0.1) is 0 Å². The quantitative estimate of drug-likeness (QED) is 0.305. The molecule has 176 valence electrons. The number of amides is 4. The number of thiazole rings is 1. The van der Waals surface area contributed by atoms with Gasteiger partial charge in [0.25, 0.3) is 5.91 Å². The maximum atomic E-state index is 12.7. The van der Waals surface area contributed by atoms with Gasteiger partial charge >= 0.3 is 6.09 Å². The monoisotopic (exact) mass is 474 g/mol. The Hall–Kier alpha value is -3.80. The standard InChI is InChI=1S/C21H26N6O5S/c1-13(28)25-20-26-16(18(33-20)19(30)22-11-10-17(29)27(2)3)9-6-14-4-7-15(8-5-14)23-12-24-21(31)32/h4-5,7-8,12H,6,9-11H2,1-3H3,(H,22,30)(H,23,24)(H,31,32)(H,25,26,28). The van der Waals surface area contributed by atoms with E-state index in [2.05, 4.69) is 20.6 Å². The lowest BCUT2D eigenvalue weighted by Crippen LogP contribution is -2.30. The smallest absolute Gasteiger partial charge is 0.409 e. The van der Waals surface area contributed by atoms with Crippen LogP contribution in [0, 0.1) is 0 Å². The van der Waals surface area contributed by atoms with E-state index in [0.717, 1.165) is 23.2 Å². The number of aromatic nitrogens is 1. The molecule has 0 aliphatic heterocycles. The lowest BCUT2D eigenvalue weighted by atomic mass is 10.1. The van der Waals surface area contributed by atoms with Crippen LogP contribution in [-0.2, 0) is 22.4 Å². The molecule has 33 heavy (non-hydrogen) atoms. The number of carbonyl (C=O) groups is 4. The van der Waals surface area contributed by atoms with E-state index in [1.54, 1.807) is 26.2 Å². The first-order chi connectivity index (χ1) is 15.7. The number of carbonyl (C=O) groups excluding carboxylic acids is 3. The largest absolute Gasteiger partial charge is 0.465 e. The van der Waals surface area contributed by atoms with Gasteiger partial charge in [-0.2, -0.15) is 0 Å². The summed E-state index contributed by atoms with van der Waals surface area (Å²) in [5.74, 6) is -0.723. The van der Waals surface area contributed by atoms with Crippen LogP contribution in [0.5, 0.6) is 0 Å². The molecule has 0 unspecified atom stereocenters. The summed E-state index contributed by atoms with van der Waals surface area (Å²) in [5.41, 5.74) is 2.10. The molecule has 0 spiro atoms. The summed E-state index contributed by atoms with van der Waals surface area (Å²) in [7, 11) is 3.30. The Labute approximate surface area is 194 Å². The maximum Gasteiger partial charge on any atom is 0.409 e. The topological polar surface area (TPSA) is 153 Å². The third-order valence-corrected chi connectivity index (χ3v) is 5.31. The fraction of sp³-hybridized carbons (Fsp3) is 0.333. The second-order valence-electron chi connectivity index (χ2n) is 7.14. The molecule has 1 heterocycles. The molecule has 0 saturated carbocycles. The van der Waals surface area contributed by atoms with E-state index < -0.39 is 6.09 Å². The molecular formula is C21H26N6O5S. The second-order valence-corrected chi connectivity index (χ2v) is 8.14. The highest BCUT2D eigenvalue weighted by Crippen LogP contribution is 2.25. The van der Waals surface area contributed by atoms with Crippen molar-refractivity contribution in [3.05, 3.63) is 40.4 Å². The van der Waals surface area contributed by atoms with Crippen molar-refractivity contribution in [2.45, 2.75) is 26.2 Å². The van der Waals surface area contributed by atoms with Crippen LogP contribution in [0.3, 0.4) is 0 Å². The van der Waals surface area contributed by atoms with Crippen LogP contribution in [-0.4, -0.2) is 65.8 Å². The van der Waals surface area contributed by atoms with Crippen LogP contribution in [0.25, 0.3) is 0 Å². The lowest BCUT2D eigenvalue weighted by molar-refractivity contribution is -0.128. The predicted octanol–water partition coefficient (Wildman–Crippen LogP) is 2.02. The van der Waals surface area contributed by atoms with E-state index in [1.165, 1.54) is 11.8 Å². The molecule has 0 aliphatic rings. The number of aliphatic imine (C=N–C) groups is 1. The minimum absolute atomic E-state index is 0.0923. The zero-order chi connectivity index (χ0) is 24.4. The number of anilines is 1. The molecule has 12 heteroatoms. The van der Waals surface area contributed by atoms with Crippen LogP contribution in [0.1, 0.15) is 34.3 Å². The summed E-state index contributed by atoms with van der Waals surface area (Å²) >= 11 is 1.09. The number of hydrogen-bond acceptors (Lipinski definition) is 7. The molecule has 2 rings (SSSR count). The molecule has 4 amide bonds. The Kier molecular flexibility index (Phi) is 9.48. The maximum absolute atomic E-state index is 12.7. The number of aryl methyl sites for hydroxylation is 2. The Balaban J connectivity index is 2.05. The van der Waals surface area contributed by atoms with Gasteiger partial charge in [-0.05, 0) is 30.5 Å². The average Bonchev–Trinajstić information content (AvgIpc) is 3.14. The number of nitrogens with one attached hydrogen (secondary N) is 3. The van der Waals surface area contributed by atoms with E-state index in [1.807, 2.05) is 17.4 Å². The van der Waals surface area contributed by atoms with Gasteiger partial charge in [-0.3, -0.25) is 19.7 Å². The first-order valence-electron chi connectivity index (χ1n) is 10.0. The highest BCUT2D eigenvalue weighted by atomic mass is 32.1. The Morgan fingerprint density at radius 2 is 1.85 bits per heavy atom. The Bertz CT molecular complexity index is 1030. The van der Waals surface area contributed by atoms with Gasteiger partial charge in [0.1, 0.15) is 4.88 Å². The molecule has 1 aromatic carbocycles. The van der Waals surface area contributed by atoms with E-state index >= 15 is 0 Å². The van der Waals surface area contributed by atoms with Crippen molar-refractivity contribution in [2.75, 3.05) is 26.0 Å².